The zero-order valence-corrected chi connectivity index (χ0v) is 47.4. The Hall–Kier alpha value is -7.34. The van der Waals surface area contributed by atoms with E-state index in [9.17, 15) is 19.2 Å². The standard InChI is InChI=1S/C68H80N2O10/c1-7-63(71)77-43-19-11-9-17-41-75-59-37-35-53(45-51(59)33-39-61-67(3,4)55-21-13-15-23-57(55)69-61)79-65(73)49-29-25-47(26-30-49)48-27-31-50(32-28-48)66(74)80-54-36-38-60(76-42-18-10-12-20-44-78-64(72)8-2)52(46-54)34-40-62-68(5,6)56-22-14-16-24-58(56)70-62/h7-8,13-16,21-24,33-40,45-50H,1-2,9-12,17-20,25-32,41-44H2,3-6H3/b39-33+,40-34+. The van der Waals surface area contributed by atoms with Crippen molar-refractivity contribution in [3.05, 3.63) is 145 Å². The van der Waals surface area contributed by atoms with Gasteiger partial charge in [0.25, 0.3) is 0 Å². The van der Waals surface area contributed by atoms with Crippen LogP contribution >= 0.6 is 0 Å². The molecule has 2 aliphatic heterocycles. The summed E-state index contributed by atoms with van der Waals surface area (Å²) in [6, 6.07) is 27.6. The molecule has 0 unspecified atom stereocenters. The van der Waals surface area contributed by atoms with Gasteiger partial charge in [-0.15, -0.1) is 0 Å². The smallest absolute Gasteiger partial charge is 0.330 e. The van der Waals surface area contributed by atoms with Gasteiger partial charge in [0.2, 0.25) is 0 Å². The van der Waals surface area contributed by atoms with Crippen LogP contribution in [0.25, 0.3) is 12.2 Å². The lowest BCUT2D eigenvalue weighted by molar-refractivity contribution is -0.142. The number of hydrogen-bond donors (Lipinski definition) is 0. The largest absolute Gasteiger partial charge is 0.493 e. The van der Waals surface area contributed by atoms with Gasteiger partial charge in [-0.05, 0) is 199 Å². The molecule has 4 aromatic rings. The first-order chi connectivity index (χ1) is 38.7. The summed E-state index contributed by atoms with van der Waals surface area (Å²) in [5.74, 6) is 1.79. The number of hydrogen-bond acceptors (Lipinski definition) is 12. The van der Waals surface area contributed by atoms with Gasteiger partial charge in [0.05, 0.1) is 61.1 Å². The summed E-state index contributed by atoms with van der Waals surface area (Å²) in [6.07, 6.45) is 24.3. The van der Waals surface area contributed by atoms with E-state index in [0.29, 0.717) is 61.3 Å². The van der Waals surface area contributed by atoms with Gasteiger partial charge in [-0.2, -0.15) is 0 Å². The minimum Gasteiger partial charge on any atom is -0.493 e. The van der Waals surface area contributed by atoms with Crippen molar-refractivity contribution in [2.24, 2.45) is 33.7 Å². The summed E-state index contributed by atoms with van der Waals surface area (Å²) in [7, 11) is 0. The lowest BCUT2D eigenvalue weighted by Crippen LogP contribution is -2.32. The first-order valence-electron chi connectivity index (χ1n) is 29.0. The van der Waals surface area contributed by atoms with Gasteiger partial charge in [0.15, 0.2) is 0 Å². The van der Waals surface area contributed by atoms with Gasteiger partial charge in [-0.25, -0.2) is 9.59 Å². The number of para-hydroxylation sites is 2. The van der Waals surface area contributed by atoms with E-state index in [1.54, 1.807) is 0 Å². The van der Waals surface area contributed by atoms with E-state index in [-0.39, 0.29) is 34.6 Å². The second-order valence-electron chi connectivity index (χ2n) is 22.7. The monoisotopic (exact) mass is 1080 g/mol. The van der Waals surface area contributed by atoms with Gasteiger partial charge < -0.3 is 28.4 Å². The van der Waals surface area contributed by atoms with Crippen molar-refractivity contribution in [2.75, 3.05) is 26.4 Å². The van der Waals surface area contributed by atoms with Crippen molar-refractivity contribution < 1.29 is 47.6 Å². The number of ether oxygens (including phenoxy) is 6. The molecule has 4 aromatic carbocycles. The number of aliphatic imine (C=N–C) groups is 2. The highest BCUT2D eigenvalue weighted by atomic mass is 16.5. The van der Waals surface area contributed by atoms with Gasteiger partial charge in [-0.3, -0.25) is 19.6 Å². The maximum absolute atomic E-state index is 13.8. The van der Waals surface area contributed by atoms with E-state index in [0.717, 1.165) is 137 Å². The molecule has 0 amide bonds. The Morgan fingerprint density at radius 2 is 0.863 bits per heavy atom. The lowest BCUT2D eigenvalue weighted by Gasteiger charge is -2.36. The summed E-state index contributed by atoms with van der Waals surface area (Å²) in [5, 5.41) is 0. The molecule has 0 saturated heterocycles. The van der Waals surface area contributed by atoms with Crippen LogP contribution in [0.4, 0.5) is 11.4 Å². The van der Waals surface area contributed by atoms with E-state index in [1.807, 2.05) is 97.1 Å². The predicted molar refractivity (Wildman–Crippen MR) is 316 cm³/mol. The molecular formula is C68H80N2O10. The molecule has 0 spiro atoms. The Bertz CT molecular complexity index is 2760. The second-order valence-corrected chi connectivity index (χ2v) is 22.7. The normalized spacial score (nSPS) is 19.8. The number of esters is 4. The third-order valence-corrected chi connectivity index (χ3v) is 16.4. The van der Waals surface area contributed by atoms with Crippen LogP contribution in [-0.2, 0) is 39.5 Å². The van der Waals surface area contributed by atoms with E-state index < -0.39 is 11.9 Å². The molecule has 0 N–H and O–H groups in total. The highest BCUT2D eigenvalue weighted by Crippen LogP contribution is 2.44. The number of rotatable bonds is 27. The van der Waals surface area contributed by atoms with Crippen LogP contribution in [-0.4, -0.2) is 61.7 Å². The number of carbonyl (C=O) groups is 4. The predicted octanol–water partition coefficient (Wildman–Crippen LogP) is 15.3. The first kappa shape index (κ1) is 58.8. The summed E-state index contributed by atoms with van der Waals surface area (Å²) in [5.41, 5.74) is 7.24. The minimum absolute atomic E-state index is 0.183. The third-order valence-electron chi connectivity index (χ3n) is 16.4. The Labute approximate surface area is 473 Å². The summed E-state index contributed by atoms with van der Waals surface area (Å²) >= 11 is 0. The van der Waals surface area contributed by atoms with Crippen LogP contribution in [0, 0.1) is 23.7 Å². The van der Waals surface area contributed by atoms with Crippen LogP contribution in [0.2, 0.25) is 0 Å². The molecule has 0 aromatic heterocycles. The van der Waals surface area contributed by atoms with Gasteiger partial charge >= 0.3 is 23.9 Å². The number of nitrogens with zero attached hydrogens (tertiary/aromatic N) is 2. The van der Waals surface area contributed by atoms with Crippen LogP contribution in [0.1, 0.15) is 153 Å². The zero-order chi connectivity index (χ0) is 56.5. The topological polar surface area (TPSA) is 148 Å². The van der Waals surface area contributed by atoms with E-state index in [2.05, 4.69) is 53.0 Å². The van der Waals surface area contributed by atoms with Crippen molar-refractivity contribution in [1.29, 1.82) is 0 Å². The molecule has 2 heterocycles. The molecule has 12 nitrogen and oxygen atoms in total. The molecule has 422 valence electrons. The van der Waals surface area contributed by atoms with E-state index in [1.165, 1.54) is 23.3 Å². The second kappa shape index (κ2) is 28.2. The maximum atomic E-state index is 13.8. The summed E-state index contributed by atoms with van der Waals surface area (Å²) in [6.45, 7) is 17.4. The Morgan fingerprint density at radius 3 is 1.24 bits per heavy atom. The van der Waals surface area contributed by atoms with Crippen molar-refractivity contribution in [2.45, 2.75) is 141 Å². The number of benzene rings is 4. The Kier molecular flexibility index (Phi) is 20.7. The van der Waals surface area contributed by atoms with Crippen molar-refractivity contribution in [1.82, 2.24) is 0 Å². The molecule has 2 saturated carbocycles. The molecule has 0 radical (unpaired) electrons. The van der Waals surface area contributed by atoms with E-state index in [4.69, 9.17) is 38.4 Å². The van der Waals surface area contributed by atoms with Crippen LogP contribution < -0.4 is 18.9 Å². The summed E-state index contributed by atoms with van der Waals surface area (Å²) in [4.78, 5) is 60.2. The number of fused-ring (bicyclic) bond motifs is 2. The third kappa shape index (κ3) is 15.5. The molecule has 12 heteroatoms. The number of unbranched alkanes of at least 4 members (excludes halogenated alkanes) is 6. The molecule has 4 aliphatic rings. The van der Waals surface area contributed by atoms with Gasteiger partial charge in [-0.1, -0.05) is 77.3 Å². The van der Waals surface area contributed by atoms with E-state index >= 15 is 0 Å². The minimum atomic E-state index is -0.402. The molecule has 80 heavy (non-hydrogen) atoms. The van der Waals surface area contributed by atoms with Gasteiger partial charge in [0.1, 0.15) is 23.0 Å². The van der Waals surface area contributed by atoms with Crippen LogP contribution in [0.3, 0.4) is 0 Å². The first-order valence-corrected chi connectivity index (χ1v) is 29.0. The van der Waals surface area contributed by atoms with Crippen molar-refractivity contribution >= 4 is 58.8 Å². The molecule has 0 atom stereocenters. The molecule has 2 fully saturated rings. The molecule has 2 aliphatic carbocycles. The summed E-state index contributed by atoms with van der Waals surface area (Å²) < 4.78 is 35.1. The van der Waals surface area contributed by atoms with Gasteiger partial charge in [0, 0.05) is 34.1 Å². The SMILES string of the molecule is C=CC(=O)OCCCCCCOc1ccc(OC(=O)C2CCC(C3CCC(C(=O)Oc4ccc(OCCCCCCOC(=O)C=C)c(/C=C/C5=Nc6ccccc6C5(C)C)c4)CC3)CC2)cc1/C=C/C1=Nc2ccccc2C1(C)C. The van der Waals surface area contributed by atoms with Crippen LogP contribution in [0.5, 0.6) is 23.0 Å². The van der Waals surface area contributed by atoms with Crippen LogP contribution in [0.15, 0.2) is 132 Å². The fourth-order valence-electron chi connectivity index (χ4n) is 11.5. The van der Waals surface area contributed by atoms with Crippen molar-refractivity contribution in [3.8, 4) is 23.0 Å². The van der Waals surface area contributed by atoms with Crippen molar-refractivity contribution in [3.63, 3.8) is 0 Å². The lowest BCUT2D eigenvalue weighted by atomic mass is 9.69. The quantitative estimate of drug-likeness (QED) is 0.0244. The Morgan fingerprint density at radius 1 is 0.487 bits per heavy atom. The average Bonchev–Trinajstić information content (AvgIpc) is 3.89. The molecule has 0 bridgehead atoms. The number of allylic oxidation sites excluding steroid dienone is 2. The maximum Gasteiger partial charge on any atom is 0.330 e. The highest BCUT2D eigenvalue weighted by Gasteiger charge is 2.37. The molecule has 8 rings (SSSR count). The fraction of sp³-hybridized carbons (Fsp3) is 0.441. The number of carbonyl (C=O) groups excluding carboxylic acids is 4. The zero-order valence-electron chi connectivity index (χ0n) is 47.4. The highest BCUT2D eigenvalue weighted by molar-refractivity contribution is 6.11. The Balaban J connectivity index is 0.822. The average molecular weight is 1090 g/mol. The fourth-order valence-corrected chi connectivity index (χ4v) is 11.5. The molecular weight excluding hydrogens is 1000 g/mol.